The fourth-order valence-corrected chi connectivity index (χ4v) is 2.56. The van der Waals surface area contributed by atoms with Gasteiger partial charge >= 0.3 is 0 Å². The third-order valence-corrected chi connectivity index (χ3v) is 4.30. The SMILES string of the molecule is COC(CC(C)(CN)N(C)Cc1cccc(Br)c1)OC. The van der Waals surface area contributed by atoms with E-state index in [0.717, 1.165) is 17.4 Å². The van der Waals surface area contributed by atoms with Crippen LogP contribution in [0.1, 0.15) is 18.9 Å². The highest BCUT2D eigenvalue weighted by molar-refractivity contribution is 9.10. The molecule has 0 heterocycles. The summed E-state index contributed by atoms with van der Waals surface area (Å²) in [4.78, 5) is 2.25. The predicted octanol–water partition coefficient (Wildman–Crippen LogP) is 2.61. The van der Waals surface area contributed by atoms with Gasteiger partial charge in [-0.1, -0.05) is 28.1 Å². The Balaban J connectivity index is 2.77. The van der Waals surface area contributed by atoms with Gasteiger partial charge in [0.15, 0.2) is 6.29 Å². The third-order valence-electron chi connectivity index (χ3n) is 3.80. The van der Waals surface area contributed by atoms with Gasteiger partial charge in [-0.25, -0.2) is 0 Å². The second-order valence-electron chi connectivity index (χ2n) is 5.29. The number of benzene rings is 1. The lowest BCUT2D eigenvalue weighted by atomic mass is 9.95. The van der Waals surface area contributed by atoms with E-state index in [9.17, 15) is 0 Å². The lowest BCUT2D eigenvalue weighted by Gasteiger charge is -2.39. The average Bonchev–Trinajstić information content (AvgIpc) is 2.44. The predicted molar refractivity (Wildman–Crippen MR) is 85.5 cm³/mol. The Morgan fingerprint density at radius 1 is 1.35 bits per heavy atom. The van der Waals surface area contributed by atoms with E-state index in [1.807, 2.05) is 12.1 Å². The van der Waals surface area contributed by atoms with Gasteiger partial charge in [0.2, 0.25) is 0 Å². The van der Waals surface area contributed by atoms with Crippen molar-refractivity contribution in [1.29, 1.82) is 0 Å². The van der Waals surface area contributed by atoms with Crippen LogP contribution < -0.4 is 5.73 Å². The maximum absolute atomic E-state index is 5.99. The molecule has 0 aliphatic carbocycles. The van der Waals surface area contributed by atoms with E-state index in [2.05, 4.69) is 46.9 Å². The highest BCUT2D eigenvalue weighted by atomic mass is 79.9. The molecule has 1 atom stereocenters. The highest BCUT2D eigenvalue weighted by Crippen LogP contribution is 2.23. The molecule has 2 N–H and O–H groups in total. The van der Waals surface area contributed by atoms with E-state index in [1.165, 1.54) is 5.56 Å². The number of hydrogen-bond donors (Lipinski definition) is 1. The van der Waals surface area contributed by atoms with Gasteiger partial charge in [0.1, 0.15) is 0 Å². The Labute approximate surface area is 130 Å². The first-order valence-corrected chi connectivity index (χ1v) is 7.46. The van der Waals surface area contributed by atoms with Crippen LogP contribution in [0.4, 0.5) is 0 Å². The molecule has 0 bridgehead atoms. The molecule has 0 spiro atoms. The summed E-state index contributed by atoms with van der Waals surface area (Å²) < 4.78 is 11.7. The molecule has 1 aromatic carbocycles. The summed E-state index contributed by atoms with van der Waals surface area (Å²) in [5, 5.41) is 0. The average molecular weight is 345 g/mol. The Bertz CT molecular complexity index is 413. The van der Waals surface area contributed by atoms with Gasteiger partial charge in [0.05, 0.1) is 0 Å². The van der Waals surface area contributed by atoms with E-state index in [0.29, 0.717) is 6.54 Å². The van der Waals surface area contributed by atoms with Crippen molar-refractivity contribution in [2.45, 2.75) is 31.7 Å². The van der Waals surface area contributed by atoms with Gasteiger partial charge in [-0.3, -0.25) is 4.90 Å². The normalized spacial score (nSPS) is 14.8. The van der Waals surface area contributed by atoms with E-state index in [1.54, 1.807) is 14.2 Å². The first-order chi connectivity index (χ1) is 9.45. The Hall–Kier alpha value is -0.460. The number of hydrogen-bond acceptors (Lipinski definition) is 4. The van der Waals surface area contributed by atoms with Gasteiger partial charge in [-0.05, 0) is 31.7 Å². The second kappa shape index (κ2) is 8.10. The topological polar surface area (TPSA) is 47.7 Å². The molecule has 0 radical (unpaired) electrons. The maximum atomic E-state index is 5.99. The number of ether oxygens (including phenoxy) is 2. The van der Waals surface area contributed by atoms with Crippen LogP contribution in [0.2, 0.25) is 0 Å². The molecule has 114 valence electrons. The summed E-state index contributed by atoms with van der Waals surface area (Å²) in [5.74, 6) is 0. The van der Waals surface area contributed by atoms with Crippen molar-refractivity contribution in [3.63, 3.8) is 0 Å². The first-order valence-electron chi connectivity index (χ1n) is 6.66. The van der Waals surface area contributed by atoms with E-state index >= 15 is 0 Å². The number of likely N-dealkylation sites (N-methyl/N-ethyl adjacent to an activating group) is 1. The van der Waals surface area contributed by atoms with Gasteiger partial charge in [0, 0.05) is 43.7 Å². The van der Waals surface area contributed by atoms with Crippen molar-refractivity contribution in [1.82, 2.24) is 4.90 Å². The minimum atomic E-state index is -0.242. The zero-order valence-electron chi connectivity index (χ0n) is 12.7. The molecule has 4 nitrogen and oxygen atoms in total. The molecule has 1 unspecified atom stereocenters. The van der Waals surface area contributed by atoms with Crippen LogP contribution in [-0.2, 0) is 16.0 Å². The Morgan fingerprint density at radius 2 is 2.00 bits per heavy atom. The van der Waals surface area contributed by atoms with Crippen molar-refractivity contribution in [2.75, 3.05) is 27.8 Å². The van der Waals surface area contributed by atoms with Gasteiger partial charge < -0.3 is 15.2 Å². The summed E-state index contributed by atoms with van der Waals surface area (Å²) in [6.45, 7) is 3.50. The molecule has 0 saturated heterocycles. The summed E-state index contributed by atoms with van der Waals surface area (Å²) in [7, 11) is 5.38. The number of halogens is 1. The Kier molecular flexibility index (Phi) is 7.12. The fraction of sp³-hybridized carbons (Fsp3) is 0.600. The zero-order valence-corrected chi connectivity index (χ0v) is 14.3. The van der Waals surface area contributed by atoms with Crippen LogP contribution in [0, 0.1) is 0 Å². The lowest BCUT2D eigenvalue weighted by Crippen LogP contribution is -2.51. The van der Waals surface area contributed by atoms with Crippen molar-refractivity contribution in [3.8, 4) is 0 Å². The standard InChI is InChI=1S/C15H25BrN2O2/c1-15(11-17,9-14(19-3)20-4)18(2)10-12-6-5-7-13(16)8-12/h5-8,14H,9-11,17H2,1-4H3. The second-order valence-corrected chi connectivity index (χ2v) is 6.21. The number of nitrogens with two attached hydrogens (primary N) is 1. The summed E-state index contributed by atoms with van der Waals surface area (Å²) >= 11 is 3.50. The molecule has 0 aromatic heterocycles. The molecular formula is C15H25BrN2O2. The highest BCUT2D eigenvalue weighted by Gasteiger charge is 2.31. The van der Waals surface area contributed by atoms with Crippen molar-refractivity contribution >= 4 is 15.9 Å². The quantitative estimate of drug-likeness (QED) is 0.736. The molecule has 5 heteroatoms. The molecule has 0 aliphatic rings. The van der Waals surface area contributed by atoms with Crippen LogP contribution in [0.25, 0.3) is 0 Å². The summed E-state index contributed by atoms with van der Waals surface area (Å²) in [6.07, 6.45) is 0.481. The van der Waals surface area contributed by atoms with Crippen LogP contribution >= 0.6 is 15.9 Å². The van der Waals surface area contributed by atoms with Gasteiger partial charge in [0.25, 0.3) is 0 Å². The maximum Gasteiger partial charge on any atom is 0.158 e. The molecule has 1 aromatic rings. The lowest BCUT2D eigenvalue weighted by molar-refractivity contribution is -0.127. The summed E-state index contributed by atoms with van der Waals surface area (Å²) in [5.41, 5.74) is 7.05. The fourth-order valence-electron chi connectivity index (χ4n) is 2.12. The minimum Gasteiger partial charge on any atom is -0.356 e. The van der Waals surface area contributed by atoms with Gasteiger partial charge in [-0.15, -0.1) is 0 Å². The number of rotatable bonds is 8. The smallest absolute Gasteiger partial charge is 0.158 e. The molecule has 0 aliphatic heterocycles. The van der Waals surface area contributed by atoms with E-state index in [-0.39, 0.29) is 11.8 Å². The minimum absolute atomic E-state index is 0.182. The zero-order chi connectivity index (χ0) is 15.2. The molecular weight excluding hydrogens is 320 g/mol. The molecule has 0 amide bonds. The third kappa shape index (κ3) is 4.82. The largest absolute Gasteiger partial charge is 0.356 e. The van der Waals surface area contributed by atoms with E-state index < -0.39 is 0 Å². The molecule has 1 rings (SSSR count). The molecule has 0 fully saturated rings. The van der Waals surface area contributed by atoms with Crippen molar-refractivity contribution < 1.29 is 9.47 Å². The van der Waals surface area contributed by atoms with Crippen molar-refractivity contribution in [2.24, 2.45) is 5.73 Å². The number of nitrogens with zero attached hydrogens (tertiary/aromatic N) is 1. The first kappa shape index (κ1) is 17.6. The Morgan fingerprint density at radius 3 is 2.50 bits per heavy atom. The van der Waals surface area contributed by atoms with Crippen LogP contribution in [-0.4, -0.2) is 44.5 Å². The van der Waals surface area contributed by atoms with Crippen LogP contribution in [0.5, 0.6) is 0 Å². The van der Waals surface area contributed by atoms with Gasteiger partial charge in [-0.2, -0.15) is 0 Å². The van der Waals surface area contributed by atoms with Crippen molar-refractivity contribution in [3.05, 3.63) is 34.3 Å². The van der Waals surface area contributed by atoms with Crippen LogP contribution in [0.3, 0.4) is 0 Å². The summed E-state index contributed by atoms with van der Waals surface area (Å²) in [6, 6.07) is 8.30. The monoisotopic (exact) mass is 344 g/mol. The number of methoxy groups -OCH3 is 2. The molecule has 0 saturated carbocycles. The molecule has 20 heavy (non-hydrogen) atoms. The van der Waals surface area contributed by atoms with Crippen LogP contribution in [0.15, 0.2) is 28.7 Å². The van der Waals surface area contributed by atoms with E-state index in [4.69, 9.17) is 15.2 Å².